The number of carbonyl (C=O) groups excluding carboxylic acids is 1. The number of hydrogen-bond donors (Lipinski definition) is 3. The van der Waals surface area contributed by atoms with Crippen molar-refractivity contribution in [1.82, 2.24) is 14.6 Å². The summed E-state index contributed by atoms with van der Waals surface area (Å²) in [7, 11) is 0. The molecule has 0 fully saturated rings. The van der Waals surface area contributed by atoms with Crippen molar-refractivity contribution in [2.45, 2.75) is 6.54 Å². The minimum absolute atomic E-state index is 0.191. The lowest BCUT2D eigenvalue weighted by molar-refractivity contribution is 0.102. The van der Waals surface area contributed by atoms with Gasteiger partial charge in [-0.05, 0) is 66.2 Å². The Morgan fingerprint density at radius 2 is 1.65 bits per heavy atom. The average Bonchev–Trinajstić information content (AvgIpc) is 3.63. The van der Waals surface area contributed by atoms with Gasteiger partial charge in [0.05, 0.1) is 17.4 Å². The number of nitrogens with one attached hydrogen (secondary N) is 2. The Hall–Kier alpha value is -5.47. The number of fused-ring (bicyclic) bond motifs is 4. The van der Waals surface area contributed by atoms with Gasteiger partial charge in [-0.3, -0.25) is 4.79 Å². The van der Waals surface area contributed by atoms with Crippen molar-refractivity contribution in [3.8, 4) is 11.3 Å². The molecule has 3 aromatic heterocycles. The summed E-state index contributed by atoms with van der Waals surface area (Å²) in [5, 5.41) is 12.9. The van der Waals surface area contributed by atoms with Crippen molar-refractivity contribution in [2.24, 2.45) is 5.73 Å². The summed E-state index contributed by atoms with van der Waals surface area (Å²) in [6.07, 6.45) is 1.74. The monoisotopic (exact) mass is 524 g/mol. The standard InChI is InChI=1S/C32H24N6O2/c33-19-20-5-3-6-21(17-20)31(39)35-22-11-13-23(14-12-22)36-32-37-28(18-24-15-16-34-38(24)32)27-9-4-8-26-25-7-1-2-10-29(25)40-30(26)27/h1-18H,19,33H2,(H,35,39)(H,36,37). The third kappa shape index (κ3) is 4.22. The molecule has 0 spiro atoms. The molecule has 0 aliphatic carbocycles. The van der Waals surface area contributed by atoms with E-state index in [1.54, 1.807) is 22.8 Å². The van der Waals surface area contributed by atoms with Crippen LogP contribution in [0.15, 0.2) is 114 Å². The number of aromatic nitrogens is 3. The molecular weight excluding hydrogens is 500 g/mol. The second kappa shape index (κ2) is 9.68. The van der Waals surface area contributed by atoms with Crippen molar-refractivity contribution >= 4 is 50.7 Å². The van der Waals surface area contributed by atoms with E-state index in [0.717, 1.165) is 50.0 Å². The van der Waals surface area contributed by atoms with E-state index in [4.69, 9.17) is 15.1 Å². The van der Waals surface area contributed by atoms with Gasteiger partial charge in [0, 0.05) is 39.8 Å². The van der Waals surface area contributed by atoms with E-state index in [-0.39, 0.29) is 5.91 Å². The van der Waals surface area contributed by atoms with Crippen molar-refractivity contribution < 1.29 is 9.21 Å². The largest absolute Gasteiger partial charge is 0.455 e. The van der Waals surface area contributed by atoms with E-state index in [1.807, 2.05) is 78.9 Å². The van der Waals surface area contributed by atoms with E-state index in [0.29, 0.717) is 23.7 Å². The first kappa shape index (κ1) is 23.6. The van der Waals surface area contributed by atoms with Crippen LogP contribution in [-0.4, -0.2) is 20.5 Å². The molecule has 0 unspecified atom stereocenters. The van der Waals surface area contributed by atoms with Crippen LogP contribution >= 0.6 is 0 Å². The van der Waals surface area contributed by atoms with Gasteiger partial charge < -0.3 is 20.8 Å². The number of nitrogens with two attached hydrogens (primary N) is 1. The van der Waals surface area contributed by atoms with Crippen LogP contribution in [0.25, 0.3) is 38.7 Å². The molecule has 7 rings (SSSR count). The lowest BCUT2D eigenvalue weighted by Crippen LogP contribution is -2.12. The molecule has 0 saturated carbocycles. The van der Waals surface area contributed by atoms with Crippen LogP contribution < -0.4 is 16.4 Å². The lowest BCUT2D eigenvalue weighted by Gasteiger charge is -2.12. The van der Waals surface area contributed by atoms with Crippen LogP contribution in [-0.2, 0) is 6.54 Å². The fourth-order valence-corrected chi connectivity index (χ4v) is 4.91. The summed E-state index contributed by atoms with van der Waals surface area (Å²) < 4.78 is 8.01. The van der Waals surface area contributed by atoms with Crippen molar-refractivity contribution in [3.05, 3.63) is 120 Å². The van der Waals surface area contributed by atoms with Crippen molar-refractivity contribution in [1.29, 1.82) is 0 Å². The van der Waals surface area contributed by atoms with Crippen LogP contribution in [0.2, 0.25) is 0 Å². The average molecular weight is 525 g/mol. The minimum atomic E-state index is -0.191. The Labute approximate surface area is 229 Å². The van der Waals surface area contributed by atoms with Crippen LogP contribution in [0.1, 0.15) is 15.9 Å². The quantitative estimate of drug-likeness (QED) is 0.222. The topological polar surface area (TPSA) is 110 Å². The molecule has 0 atom stereocenters. The number of carbonyl (C=O) groups is 1. The Morgan fingerprint density at radius 1 is 0.850 bits per heavy atom. The highest BCUT2D eigenvalue weighted by atomic mass is 16.3. The van der Waals surface area contributed by atoms with Gasteiger partial charge in [-0.1, -0.05) is 42.5 Å². The number of nitrogens with zero attached hydrogens (tertiary/aromatic N) is 3. The highest BCUT2D eigenvalue weighted by molar-refractivity contribution is 6.09. The fourth-order valence-electron chi connectivity index (χ4n) is 4.91. The van der Waals surface area contributed by atoms with Crippen LogP contribution in [0.4, 0.5) is 17.3 Å². The third-order valence-electron chi connectivity index (χ3n) is 6.89. The molecule has 40 heavy (non-hydrogen) atoms. The van der Waals surface area contributed by atoms with E-state index < -0.39 is 0 Å². The summed E-state index contributed by atoms with van der Waals surface area (Å²) >= 11 is 0. The van der Waals surface area contributed by atoms with Crippen molar-refractivity contribution in [2.75, 3.05) is 10.6 Å². The van der Waals surface area contributed by atoms with E-state index in [1.165, 1.54) is 0 Å². The summed E-state index contributed by atoms with van der Waals surface area (Å²) in [4.78, 5) is 17.6. The molecule has 0 aliphatic heterocycles. The molecule has 8 heteroatoms. The number of furan rings is 1. The summed E-state index contributed by atoms with van der Waals surface area (Å²) in [6.45, 7) is 0.383. The van der Waals surface area contributed by atoms with Crippen LogP contribution in [0.5, 0.6) is 0 Å². The molecule has 0 bridgehead atoms. The molecule has 0 saturated heterocycles. The van der Waals surface area contributed by atoms with Crippen molar-refractivity contribution in [3.63, 3.8) is 0 Å². The molecule has 3 heterocycles. The van der Waals surface area contributed by atoms with Crippen LogP contribution in [0.3, 0.4) is 0 Å². The zero-order chi connectivity index (χ0) is 27.1. The fraction of sp³-hybridized carbons (Fsp3) is 0.0312. The Kier molecular flexibility index (Phi) is 5.72. The maximum atomic E-state index is 12.7. The molecule has 4 N–H and O–H groups in total. The first-order valence-electron chi connectivity index (χ1n) is 12.9. The SMILES string of the molecule is NCc1cccc(C(=O)Nc2ccc(Nc3nc(-c4cccc5c4oc4ccccc45)cc4ccnn34)cc2)c1. The number of benzene rings is 4. The van der Waals surface area contributed by atoms with E-state index in [2.05, 4.69) is 27.9 Å². The first-order chi connectivity index (χ1) is 19.7. The Bertz CT molecular complexity index is 2020. The number of amides is 1. The third-order valence-corrected chi connectivity index (χ3v) is 6.89. The van der Waals surface area contributed by atoms with Gasteiger partial charge in [0.15, 0.2) is 0 Å². The molecule has 0 aliphatic rings. The number of rotatable bonds is 6. The second-order valence-corrected chi connectivity index (χ2v) is 9.47. The summed E-state index contributed by atoms with van der Waals surface area (Å²) in [5.74, 6) is 0.365. The molecule has 8 nitrogen and oxygen atoms in total. The predicted molar refractivity (Wildman–Crippen MR) is 158 cm³/mol. The number of para-hydroxylation sites is 2. The minimum Gasteiger partial charge on any atom is -0.455 e. The van der Waals surface area contributed by atoms with Gasteiger partial charge in [0.2, 0.25) is 5.95 Å². The molecule has 4 aromatic carbocycles. The zero-order valence-corrected chi connectivity index (χ0v) is 21.3. The van der Waals surface area contributed by atoms with E-state index in [9.17, 15) is 4.79 Å². The molecule has 1 amide bonds. The van der Waals surface area contributed by atoms with Crippen LogP contribution in [0, 0.1) is 0 Å². The van der Waals surface area contributed by atoms with Gasteiger partial charge in [-0.2, -0.15) is 5.10 Å². The smallest absolute Gasteiger partial charge is 0.255 e. The normalized spacial score (nSPS) is 11.3. The van der Waals surface area contributed by atoms with Gasteiger partial charge in [-0.25, -0.2) is 9.50 Å². The number of hydrogen-bond acceptors (Lipinski definition) is 6. The van der Waals surface area contributed by atoms with Gasteiger partial charge in [0.25, 0.3) is 5.91 Å². The Morgan fingerprint density at radius 3 is 2.52 bits per heavy atom. The highest BCUT2D eigenvalue weighted by Crippen LogP contribution is 2.36. The molecule has 194 valence electrons. The van der Waals surface area contributed by atoms with Gasteiger partial charge in [0.1, 0.15) is 11.2 Å². The lowest BCUT2D eigenvalue weighted by atomic mass is 10.1. The molecule has 0 radical (unpaired) electrons. The summed E-state index contributed by atoms with van der Waals surface area (Å²) in [5.41, 5.74) is 12.8. The highest BCUT2D eigenvalue weighted by Gasteiger charge is 2.15. The van der Waals surface area contributed by atoms with Gasteiger partial charge >= 0.3 is 0 Å². The zero-order valence-electron chi connectivity index (χ0n) is 21.3. The van der Waals surface area contributed by atoms with E-state index >= 15 is 0 Å². The van der Waals surface area contributed by atoms with Gasteiger partial charge in [-0.15, -0.1) is 0 Å². The first-order valence-corrected chi connectivity index (χ1v) is 12.9. The Balaban J connectivity index is 1.19. The predicted octanol–water partition coefficient (Wildman–Crippen LogP) is 6.75. The maximum absolute atomic E-state index is 12.7. The molecule has 7 aromatic rings. The molecular formula is C32H24N6O2. The second-order valence-electron chi connectivity index (χ2n) is 9.47. The summed E-state index contributed by atoms with van der Waals surface area (Å²) in [6, 6.07) is 32.8. The maximum Gasteiger partial charge on any atom is 0.255 e. The number of anilines is 3.